The van der Waals surface area contributed by atoms with Crippen molar-refractivity contribution in [2.24, 2.45) is 10.2 Å². The van der Waals surface area contributed by atoms with Crippen LogP contribution in [-0.2, 0) is 0 Å². The molecule has 28 heavy (non-hydrogen) atoms. The van der Waals surface area contributed by atoms with E-state index >= 15 is 0 Å². The molecule has 3 aromatic rings. The van der Waals surface area contributed by atoms with Gasteiger partial charge in [0.25, 0.3) is 5.95 Å². The maximum absolute atomic E-state index is 9.42. The summed E-state index contributed by atoms with van der Waals surface area (Å²) in [7, 11) is 3.37. The first kappa shape index (κ1) is 18.4. The van der Waals surface area contributed by atoms with Gasteiger partial charge in [0.15, 0.2) is 5.82 Å². The minimum Gasteiger partial charge on any atom is -0.372 e. The smallest absolute Gasteiger partial charge is 0.250 e. The number of nitrogens with one attached hydrogen (secondary N) is 2. The van der Waals surface area contributed by atoms with Crippen molar-refractivity contribution < 1.29 is 0 Å². The van der Waals surface area contributed by atoms with Crippen molar-refractivity contribution >= 4 is 23.1 Å². The van der Waals surface area contributed by atoms with Gasteiger partial charge in [-0.1, -0.05) is 0 Å². The van der Waals surface area contributed by atoms with E-state index in [2.05, 4.69) is 47.0 Å². The molecule has 0 aliphatic rings. The van der Waals surface area contributed by atoms with Crippen molar-refractivity contribution in [1.82, 2.24) is 24.7 Å². The zero-order valence-electron chi connectivity index (χ0n) is 15.3. The summed E-state index contributed by atoms with van der Waals surface area (Å²) in [5, 5.41) is 37.1. The number of anilines is 2. The van der Waals surface area contributed by atoms with Crippen LogP contribution in [-0.4, -0.2) is 38.8 Å². The van der Waals surface area contributed by atoms with Crippen LogP contribution in [0.25, 0.3) is 5.95 Å². The zero-order valence-corrected chi connectivity index (χ0v) is 15.3. The average Bonchev–Trinajstić information content (AvgIpc) is 3.16. The van der Waals surface area contributed by atoms with E-state index in [1.165, 1.54) is 10.9 Å². The molecule has 3 aromatic heterocycles. The summed E-state index contributed by atoms with van der Waals surface area (Å²) in [5.41, 5.74) is 1.55. The van der Waals surface area contributed by atoms with Crippen LogP contribution in [0.3, 0.4) is 0 Å². The Balaban J connectivity index is 2.07. The van der Waals surface area contributed by atoms with Crippen molar-refractivity contribution in [3.05, 3.63) is 41.3 Å². The highest BCUT2D eigenvalue weighted by molar-refractivity contribution is 5.74. The third kappa shape index (κ3) is 3.32. The summed E-state index contributed by atoms with van der Waals surface area (Å²) in [6.07, 6.45) is 4.61. The van der Waals surface area contributed by atoms with Gasteiger partial charge in [-0.15, -0.1) is 15.3 Å². The van der Waals surface area contributed by atoms with Gasteiger partial charge in [0.1, 0.15) is 29.2 Å². The molecule has 0 atom stereocenters. The van der Waals surface area contributed by atoms with Crippen molar-refractivity contribution in [3.8, 4) is 18.1 Å². The Morgan fingerprint density at radius 3 is 2.36 bits per heavy atom. The molecule has 11 nitrogen and oxygen atoms in total. The van der Waals surface area contributed by atoms with Crippen LogP contribution in [0, 0.1) is 29.6 Å². The second kappa shape index (κ2) is 7.88. The first-order valence-corrected chi connectivity index (χ1v) is 8.12. The topological polar surface area (TPSA) is 153 Å². The molecule has 0 fully saturated rings. The summed E-state index contributed by atoms with van der Waals surface area (Å²) in [4.78, 5) is 12.5. The van der Waals surface area contributed by atoms with E-state index < -0.39 is 0 Å². The molecule has 3 rings (SSSR count). The predicted octanol–water partition coefficient (Wildman–Crippen LogP) is 2.61. The maximum Gasteiger partial charge on any atom is 0.250 e. The average molecular weight is 373 g/mol. The molecule has 0 aliphatic carbocycles. The van der Waals surface area contributed by atoms with Gasteiger partial charge >= 0.3 is 0 Å². The van der Waals surface area contributed by atoms with Gasteiger partial charge < -0.3 is 10.6 Å². The highest BCUT2D eigenvalue weighted by atomic mass is 15.4. The summed E-state index contributed by atoms with van der Waals surface area (Å²) in [6, 6.07) is 5.81. The van der Waals surface area contributed by atoms with Crippen LogP contribution in [0.4, 0.5) is 23.1 Å². The molecule has 0 amide bonds. The van der Waals surface area contributed by atoms with Crippen molar-refractivity contribution in [2.45, 2.75) is 6.92 Å². The van der Waals surface area contributed by atoms with E-state index in [1.54, 1.807) is 39.5 Å². The van der Waals surface area contributed by atoms with Crippen molar-refractivity contribution in [3.63, 3.8) is 0 Å². The molecular weight excluding hydrogens is 358 g/mol. The van der Waals surface area contributed by atoms with Gasteiger partial charge in [0.2, 0.25) is 5.82 Å². The van der Waals surface area contributed by atoms with Crippen LogP contribution >= 0.6 is 0 Å². The molecule has 2 N–H and O–H groups in total. The van der Waals surface area contributed by atoms with E-state index in [9.17, 15) is 10.5 Å². The quantitative estimate of drug-likeness (QED) is 0.647. The lowest BCUT2D eigenvalue weighted by Crippen LogP contribution is -2.03. The molecule has 138 valence electrons. The van der Waals surface area contributed by atoms with E-state index in [4.69, 9.17) is 0 Å². The third-order valence-electron chi connectivity index (χ3n) is 3.82. The highest BCUT2D eigenvalue weighted by Crippen LogP contribution is 2.34. The lowest BCUT2D eigenvalue weighted by Gasteiger charge is -2.11. The molecule has 3 heterocycles. The number of pyridine rings is 1. The SMILES string of the molecule is CNc1nc(NC)c(/N=N/c2nn(-c3ncccn3)cc2C#N)c(C)c1C#N. The van der Waals surface area contributed by atoms with Crippen LogP contribution in [0.15, 0.2) is 34.9 Å². The lowest BCUT2D eigenvalue weighted by molar-refractivity contribution is 0.806. The Kier molecular flexibility index (Phi) is 5.18. The van der Waals surface area contributed by atoms with Gasteiger partial charge in [0.05, 0.1) is 11.8 Å². The minimum atomic E-state index is 0.104. The van der Waals surface area contributed by atoms with Gasteiger partial charge in [-0.2, -0.15) is 10.5 Å². The monoisotopic (exact) mass is 373 g/mol. The molecule has 0 spiro atoms. The van der Waals surface area contributed by atoms with E-state index in [0.29, 0.717) is 34.4 Å². The fourth-order valence-corrected chi connectivity index (χ4v) is 2.44. The first-order chi connectivity index (χ1) is 13.6. The minimum absolute atomic E-state index is 0.104. The standard InChI is InChI=1S/C17H15N11/c1-10-12(8-19)15(20-2)24-16(21-3)13(10)25-26-14-11(7-18)9-28(27-14)17-22-5-4-6-23-17/h4-6,9H,1-3H3,(H2,20,21,24)/b26-25+. The number of hydrogen-bond acceptors (Lipinski definition) is 10. The summed E-state index contributed by atoms with van der Waals surface area (Å²) < 4.78 is 1.35. The highest BCUT2D eigenvalue weighted by Gasteiger charge is 2.17. The number of hydrogen-bond donors (Lipinski definition) is 2. The van der Waals surface area contributed by atoms with Crippen LogP contribution < -0.4 is 10.6 Å². The van der Waals surface area contributed by atoms with E-state index in [1.807, 2.05) is 6.07 Å². The number of nitriles is 2. The van der Waals surface area contributed by atoms with E-state index in [-0.39, 0.29) is 11.4 Å². The van der Waals surface area contributed by atoms with Gasteiger partial charge in [-0.25, -0.2) is 19.6 Å². The fourth-order valence-electron chi connectivity index (χ4n) is 2.44. The molecule has 0 saturated carbocycles. The first-order valence-electron chi connectivity index (χ1n) is 8.12. The molecule has 0 radical (unpaired) electrons. The Morgan fingerprint density at radius 2 is 1.75 bits per heavy atom. The molecule has 0 bridgehead atoms. The van der Waals surface area contributed by atoms with Crippen LogP contribution in [0.2, 0.25) is 0 Å². The molecule has 0 aromatic carbocycles. The summed E-state index contributed by atoms with van der Waals surface area (Å²) in [6.45, 7) is 1.75. The number of azo groups is 1. The summed E-state index contributed by atoms with van der Waals surface area (Å²) in [5.74, 6) is 1.28. The zero-order chi connectivity index (χ0) is 20.1. The molecule has 0 aliphatic heterocycles. The molecule has 11 heteroatoms. The van der Waals surface area contributed by atoms with Gasteiger partial charge in [0, 0.05) is 32.1 Å². The van der Waals surface area contributed by atoms with Crippen molar-refractivity contribution in [1.29, 1.82) is 10.5 Å². The normalized spacial score (nSPS) is 10.5. The Morgan fingerprint density at radius 1 is 1.04 bits per heavy atom. The number of aromatic nitrogens is 5. The third-order valence-corrected chi connectivity index (χ3v) is 3.82. The fraction of sp³-hybridized carbons (Fsp3) is 0.176. The Hall–Kier alpha value is -4.38. The second-order valence-corrected chi connectivity index (χ2v) is 5.44. The van der Waals surface area contributed by atoms with Gasteiger partial charge in [-0.3, -0.25) is 0 Å². The Bertz CT molecular complexity index is 1120. The van der Waals surface area contributed by atoms with Crippen LogP contribution in [0.5, 0.6) is 0 Å². The molecular formula is C17H15N11. The second-order valence-electron chi connectivity index (χ2n) is 5.44. The molecule has 0 saturated heterocycles. The lowest BCUT2D eigenvalue weighted by atomic mass is 10.1. The largest absolute Gasteiger partial charge is 0.372 e. The summed E-state index contributed by atoms with van der Waals surface area (Å²) >= 11 is 0. The van der Waals surface area contributed by atoms with Crippen molar-refractivity contribution in [2.75, 3.05) is 24.7 Å². The van der Waals surface area contributed by atoms with Gasteiger partial charge in [-0.05, 0) is 13.0 Å². The maximum atomic E-state index is 9.42. The Labute approximate surface area is 160 Å². The number of nitrogens with zero attached hydrogens (tertiary/aromatic N) is 9. The van der Waals surface area contributed by atoms with E-state index in [0.717, 1.165) is 0 Å². The number of rotatable bonds is 5. The van der Waals surface area contributed by atoms with Crippen LogP contribution in [0.1, 0.15) is 16.7 Å². The predicted molar refractivity (Wildman–Crippen MR) is 101 cm³/mol. The molecule has 0 unspecified atom stereocenters.